The number of alkyl halides is 6. The summed E-state index contributed by atoms with van der Waals surface area (Å²) in [5.41, 5.74) is 7.68. The predicted octanol–water partition coefficient (Wildman–Crippen LogP) is 8.98. The number of nitrogens with zero attached hydrogens (tertiary/aromatic N) is 3. The number of fused-ring (bicyclic) bond motifs is 1. The van der Waals surface area contributed by atoms with Gasteiger partial charge in [-0.3, -0.25) is 4.90 Å². The lowest BCUT2D eigenvalue weighted by Crippen LogP contribution is -2.36. The second-order valence-electron chi connectivity index (χ2n) is 11.7. The average Bonchev–Trinajstić information content (AvgIpc) is 3.42. The smallest absolute Gasteiger partial charge is 0.398 e. The van der Waals surface area contributed by atoms with Gasteiger partial charge in [0.1, 0.15) is 5.82 Å². The first-order valence-corrected chi connectivity index (χ1v) is 14.3. The Morgan fingerprint density at radius 2 is 1.52 bits per heavy atom. The molecular formula is C33H33F7N4. The van der Waals surface area contributed by atoms with Gasteiger partial charge in [0.05, 0.1) is 33.7 Å². The van der Waals surface area contributed by atoms with Crippen LogP contribution in [-0.4, -0.2) is 14.7 Å². The Morgan fingerprint density at radius 1 is 0.886 bits per heavy atom. The van der Waals surface area contributed by atoms with E-state index in [0.717, 1.165) is 22.9 Å². The van der Waals surface area contributed by atoms with Gasteiger partial charge in [0, 0.05) is 29.9 Å². The van der Waals surface area contributed by atoms with E-state index in [-0.39, 0.29) is 36.0 Å². The van der Waals surface area contributed by atoms with Crippen LogP contribution in [0.3, 0.4) is 0 Å². The standard InChI is InChI=1S/C33H33F7N4/c1-6-19-9-8-10-20(7-2)28(19)44-29(23-13-18(3)27(41)15-26(23)34)24-17-43(31(4,5)30(24)42-44)16-21-11-12-22(32(35,36)37)14-25(21)33(38,39)40/h8-15H,6-7,16-17,41H2,1-5H3. The van der Waals surface area contributed by atoms with Crippen LogP contribution in [0.5, 0.6) is 0 Å². The number of nitrogens with two attached hydrogens (primary N) is 1. The van der Waals surface area contributed by atoms with Crippen LogP contribution >= 0.6 is 0 Å². The number of para-hydroxylation sites is 1. The van der Waals surface area contributed by atoms with Crippen molar-refractivity contribution in [1.29, 1.82) is 0 Å². The van der Waals surface area contributed by atoms with Crippen LogP contribution in [0.25, 0.3) is 16.9 Å². The number of aryl methyl sites for hydroxylation is 3. The minimum absolute atomic E-state index is 0.0919. The molecule has 5 rings (SSSR count). The van der Waals surface area contributed by atoms with Gasteiger partial charge in [-0.1, -0.05) is 38.1 Å². The molecule has 0 aliphatic carbocycles. The van der Waals surface area contributed by atoms with Crippen molar-refractivity contribution < 1.29 is 30.7 Å². The maximum Gasteiger partial charge on any atom is 0.416 e. The van der Waals surface area contributed by atoms with Gasteiger partial charge in [0.25, 0.3) is 0 Å². The number of hydrogen-bond acceptors (Lipinski definition) is 3. The molecule has 0 spiro atoms. The summed E-state index contributed by atoms with van der Waals surface area (Å²) in [5, 5.41) is 5.02. The van der Waals surface area contributed by atoms with Crippen molar-refractivity contribution in [2.24, 2.45) is 0 Å². The van der Waals surface area contributed by atoms with E-state index in [9.17, 15) is 26.3 Å². The Balaban J connectivity index is 1.70. The van der Waals surface area contributed by atoms with Crippen molar-refractivity contribution >= 4 is 5.69 Å². The quantitative estimate of drug-likeness (QED) is 0.173. The fraction of sp³-hybridized carbons (Fsp3) is 0.364. The zero-order valence-electron chi connectivity index (χ0n) is 25.0. The van der Waals surface area contributed by atoms with Gasteiger partial charge < -0.3 is 5.73 Å². The molecule has 1 aliphatic heterocycles. The maximum absolute atomic E-state index is 15.7. The molecule has 0 bridgehead atoms. The van der Waals surface area contributed by atoms with Gasteiger partial charge in [-0.25, -0.2) is 9.07 Å². The maximum atomic E-state index is 15.7. The Morgan fingerprint density at radius 3 is 2.09 bits per heavy atom. The largest absolute Gasteiger partial charge is 0.416 e. The monoisotopic (exact) mass is 618 g/mol. The normalized spacial score (nSPS) is 15.2. The third kappa shape index (κ3) is 5.35. The minimum Gasteiger partial charge on any atom is -0.398 e. The summed E-state index contributed by atoms with van der Waals surface area (Å²) >= 11 is 0. The Hall–Kier alpha value is -3.86. The highest BCUT2D eigenvalue weighted by atomic mass is 19.4. The number of aromatic nitrogens is 2. The van der Waals surface area contributed by atoms with E-state index in [1.807, 2.05) is 32.0 Å². The molecule has 0 saturated heterocycles. The fourth-order valence-corrected chi connectivity index (χ4v) is 6.05. The Bertz CT molecular complexity index is 1710. The molecule has 0 saturated carbocycles. The number of nitrogen functional groups attached to an aromatic ring is 1. The molecule has 4 nitrogen and oxygen atoms in total. The summed E-state index contributed by atoms with van der Waals surface area (Å²) in [5.74, 6) is -0.567. The van der Waals surface area contributed by atoms with Crippen molar-refractivity contribution in [3.63, 3.8) is 0 Å². The van der Waals surface area contributed by atoms with Crippen molar-refractivity contribution in [3.8, 4) is 16.9 Å². The highest BCUT2D eigenvalue weighted by Crippen LogP contribution is 2.47. The third-order valence-electron chi connectivity index (χ3n) is 8.59. The van der Waals surface area contributed by atoms with E-state index in [4.69, 9.17) is 10.8 Å². The van der Waals surface area contributed by atoms with E-state index in [1.165, 1.54) is 6.07 Å². The first-order chi connectivity index (χ1) is 20.5. The molecule has 1 aromatic heterocycles. The van der Waals surface area contributed by atoms with Gasteiger partial charge in [-0.15, -0.1) is 0 Å². The number of benzene rings is 3. The summed E-state index contributed by atoms with van der Waals surface area (Å²) in [6.07, 6.45) is -8.56. The fourth-order valence-electron chi connectivity index (χ4n) is 6.05. The highest BCUT2D eigenvalue weighted by Gasteiger charge is 2.45. The zero-order valence-corrected chi connectivity index (χ0v) is 25.0. The Labute approximate surface area is 251 Å². The molecule has 1 aliphatic rings. The molecular weight excluding hydrogens is 585 g/mol. The third-order valence-corrected chi connectivity index (χ3v) is 8.59. The van der Waals surface area contributed by atoms with Crippen LogP contribution in [0.2, 0.25) is 0 Å². The molecule has 3 aromatic carbocycles. The predicted molar refractivity (Wildman–Crippen MR) is 156 cm³/mol. The van der Waals surface area contributed by atoms with Gasteiger partial charge in [0.15, 0.2) is 0 Å². The molecule has 0 amide bonds. The molecule has 4 aromatic rings. The van der Waals surface area contributed by atoms with Crippen LogP contribution in [0, 0.1) is 12.7 Å². The number of rotatable bonds is 6. The lowest BCUT2D eigenvalue weighted by Gasteiger charge is -2.33. The molecule has 0 unspecified atom stereocenters. The topological polar surface area (TPSA) is 47.1 Å². The highest BCUT2D eigenvalue weighted by molar-refractivity contribution is 5.73. The van der Waals surface area contributed by atoms with Crippen molar-refractivity contribution in [1.82, 2.24) is 14.7 Å². The van der Waals surface area contributed by atoms with E-state index in [1.54, 1.807) is 36.4 Å². The molecule has 44 heavy (non-hydrogen) atoms. The summed E-state index contributed by atoms with van der Waals surface area (Å²) in [7, 11) is 0. The van der Waals surface area contributed by atoms with Crippen LogP contribution in [-0.2, 0) is 43.8 Å². The van der Waals surface area contributed by atoms with Crippen LogP contribution in [0.4, 0.5) is 36.4 Å². The number of hydrogen-bond donors (Lipinski definition) is 1. The SMILES string of the molecule is CCc1cccc(CC)c1-n1nc2c(c1-c1cc(C)c(N)cc1F)CN(Cc1ccc(C(F)(F)F)cc1C(F)(F)F)C2(C)C. The number of anilines is 1. The minimum atomic E-state index is -5.00. The molecule has 0 fully saturated rings. The van der Waals surface area contributed by atoms with Gasteiger partial charge in [-0.2, -0.15) is 31.4 Å². The summed E-state index contributed by atoms with van der Waals surface area (Å²) in [6, 6.07) is 10.5. The van der Waals surface area contributed by atoms with Crippen LogP contribution in [0.15, 0.2) is 48.5 Å². The lowest BCUT2D eigenvalue weighted by molar-refractivity contribution is -0.143. The van der Waals surface area contributed by atoms with Gasteiger partial charge in [0.2, 0.25) is 0 Å². The summed E-state index contributed by atoms with van der Waals surface area (Å²) in [4.78, 5) is 1.73. The van der Waals surface area contributed by atoms with Crippen LogP contribution in [0.1, 0.15) is 72.3 Å². The molecule has 234 valence electrons. The lowest BCUT2D eigenvalue weighted by atomic mass is 9.96. The van der Waals surface area contributed by atoms with Gasteiger partial charge >= 0.3 is 12.4 Å². The van der Waals surface area contributed by atoms with Gasteiger partial charge in [-0.05, 0) is 80.1 Å². The van der Waals surface area contributed by atoms with E-state index < -0.39 is 34.8 Å². The summed E-state index contributed by atoms with van der Waals surface area (Å²) in [6.45, 7) is 9.17. The molecule has 0 radical (unpaired) electrons. The molecule has 2 N–H and O–H groups in total. The van der Waals surface area contributed by atoms with Crippen molar-refractivity contribution in [3.05, 3.63) is 99.0 Å². The first kappa shape index (κ1) is 31.6. The summed E-state index contributed by atoms with van der Waals surface area (Å²) < 4.78 is 99.4. The molecule has 0 atom stereocenters. The van der Waals surface area contributed by atoms with E-state index in [2.05, 4.69) is 0 Å². The van der Waals surface area contributed by atoms with E-state index >= 15 is 4.39 Å². The second-order valence-corrected chi connectivity index (χ2v) is 11.7. The average molecular weight is 619 g/mol. The van der Waals surface area contributed by atoms with E-state index in [0.29, 0.717) is 41.4 Å². The molecule has 2 heterocycles. The Kier molecular flexibility index (Phi) is 7.85. The first-order valence-electron chi connectivity index (χ1n) is 14.3. The number of halogens is 7. The van der Waals surface area contributed by atoms with Crippen molar-refractivity contribution in [2.75, 3.05) is 5.73 Å². The second kappa shape index (κ2) is 10.9. The van der Waals surface area contributed by atoms with Crippen molar-refractivity contribution in [2.45, 2.75) is 78.4 Å². The zero-order chi connectivity index (χ0) is 32.4. The van der Waals surface area contributed by atoms with Crippen LogP contribution < -0.4 is 5.73 Å². The molecule has 11 heteroatoms.